The fourth-order valence-electron chi connectivity index (χ4n) is 1.92. The highest BCUT2D eigenvalue weighted by molar-refractivity contribution is 5.38. The summed E-state index contributed by atoms with van der Waals surface area (Å²) < 4.78 is 0. The van der Waals surface area contributed by atoms with Crippen LogP contribution in [0.15, 0.2) is 18.2 Å². The van der Waals surface area contributed by atoms with Crippen molar-refractivity contribution in [1.29, 1.82) is 0 Å². The molecule has 1 aromatic carbocycles. The van der Waals surface area contributed by atoms with Crippen molar-refractivity contribution in [3.05, 3.63) is 29.3 Å². The Balaban J connectivity index is 2.28. The number of aryl methyl sites for hydroxylation is 1. The summed E-state index contributed by atoms with van der Waals surface area (Å²) in [6, 6.07) is 5.98. The van der Waals surface area contributed by atoms with Gasteiger partial charge in [-0.05, 0) is 24.1 Å². The summed E-state index contributed by atoms with van der Waals surface area (Å²) >= 11 is 0. The maximum absolute atomic E-state index is 9.59. The predicted molar refractivity (Wildman–Crippen MR) is 56.4 cm³/mol. The quantitative estimate of drug-likeness (QED) is 0.614. The second kappa shape index (κ2) is 3.59. The van der Waals surface area contributed by atoms with E-state index in [0.717, 1.165) is 24.2 Å². The molecule has 1 aliphatic heterocycles. The maximum atomic E-state index is 9.59. The fourth-order valence-corrected chi connectivity index (χ4v) is 1.92. The molecule has 0 aromatic heterocycles. The van der Waals surface area contributed by atoms with Gasteiger partial charge in [-0.25, -0.2) is 0 Å². The van der Waals surface area contributed by atoms with Gasteiger partial charge in [0.1, 0.15) is 5.75 Å². The number of nitrogens with one attached hydrogen (secondary N) is 1. The van der Waals surface area contributed by atoms with Crippen LogP contribution in [0.5, 0.6) is 5.75 Å². The zero-order valence-corrected chi connectivity index (χ0v) is 8.33. The molecule has 0 radical (unpaired) electrons. The third-order valence-corrected chi connectivity index (χ3v) is 2.92. The van der Waals surface area contributed by atoms with Gasteiger partial charge in [0.2, 0.25) is 0 Å². The van der Waals surface area contributed by atoms with E-state index in [1.54, 1.807) is 0 Å². The Kier molecular flexibility index (Phi) is 2.44. The molecule has 1 aliphatic rings. The molecule has 0 bridgehead atoms. The molecule has 2 unspecified atom stereocenters. The van der Waals surface area contributed by atoms with Crippen LogP contribution in [-0.4, -0.2) is 24.2 Å². The molecule has 1 aromatic rings. The lowest BCUT2D eigenvalue weighted by Crippen LogP contribution is -2.27. The van der Waals surface area contributed by atoms with Crippen LogP contribution in [0.1, 0.15) is 17.0 Å². The summed E-state index contributed by atoms with van der Waals surface area (Å²) in [5.74, 6) is 0.697. The molecule has 0 spiro atoms. The van der Waals surface area contributed by atoms with Crippen molar-refractivity contribution in [2.45, 2.75) is 18.9 Å². The molecule has 14 heavy (non-hydrogen) atoms. The Labute approximate surface area is 83.9 Å². The van der Waals surface area contributed by atoms with E-state index in [-0.39, 0.29) is 6.04 Å². The number of rotatable bonds is 1. The predicted octanol–water partition coefficient (Wildman–Crippen LogP) is 0.715. The Morgan fingerprint density at radius 2 is 2.21 bits per heavy atom. The van der Waals surface area contributed by atoms with E-state index in [0.29, 0.717) is 11.7 Å². The second-order valence-electron chi connectivity index (χ2n) is 3.97. The Morgan fingerprint density at radius 1 is 1.43 bits per heavy atom. The van der Waals surface area contributed by atoms with Crippen molar-refractivity contribution in [2.24, 2.45) is 5.73 Å². The highest BCUT2D eigenvalue weighted by atomic mass is 16.3. The second-order valence-corrected chi connectivity index (χ2v) is 3.97. The lowest BCUT2D eigenvalue weighted by atomic mass is 9.94. The summed E-state index contributed by atoms with van der Waals surface area (Å²) in [5.41, 5.74) is 8.00. The van der Waals surface area contributed by atoms with Crippen molar-refractivity contribution < 1.29 is 5.11 Å². The van der Waals surface area contributed by atoms with Crippen molar-refractivity contribution >= 4 is 0 Å². The topological polar surface area (TPSA) is 58.3 Å². The number of hydrogen-bond donors (Lipinski definition) is 3. The van der Waals surface area contributed by atoms with Gasteiger partial charge < -0.3 is 16.2 Å². The van der Waals surface area contributed by atoms with Crippen LogP contribution in [-0.2, 0) is 0 Å². The van der Waals surface area contributed by atoms with Crippen molar-refractivity contribution in [3.63, 3.8) is 0 Å². The summed E-state index contributed by atoms with van der Waals surface area (Å²) in [7, 11) is 0. The third kappa shape index (κ3) is 1.61. The van der Waals surface area contributed by atoms with E-state index < -0.39 is 0 Å². The van der Waals surface area contributed by atoms with E-state index in [2.05, 4.69) is 5.32 Å². The number of aromatic hydroxyl groups is 1. The molecule has 2 rings (SSSR count). The maximum Gasteiger partial charge on any atom is 0.118 e. The normalized spacial score (nSPS) is 26.7. The zero-order chi connectivity index (χ0) is 10.1. The Hall–Kier alpha value is -1.06. The van der Waals surface area contributed by atoms with Gasteiger partial charge >= 0.3 is 0 Å². The fraction of sp³-hybridized carbons (Fsp3) is 0.455. The molecule has 1 saturated heterocycles. The monoisotopic (exact) mass is 192 g/mol. The first kappa shape index (κ1) is 9.49. The molecule has 2 atom stereocenters. The zero-order valence-electron chi connectivity index (χ0n) is 8.33. The number of hydrogen-bond acceptors (Lipinski definition) is 3. The highest BCUT2D eigenvalue weighted by Crippen LogP contribution is 2.26. The van der Waals surface area contributed by atoms with Crippen LogP contribution in [0.4, 0.5) is 0 Å². The van der Waals surface area contributed by atoms with Gasteiger partial charge in [-0.15, -0.1) is 0 Å². The first-order valence-electron chi connectivity index (χ1n) is 4.94. The van der Waals surface area contributed by atoms with Gasteiger partial charge in [-0.1, -0.05) is 12.1 Å². The van der Waals surface area contributed by atoms with Crippen LogP contribution in [0, 0.1) is 6.92 Å². The molecule has 3 nitrogen and oxygen atoms in total. The van der Waals surface area contributed by atoms with Gasteiger partial charge in [-0.3, -0.25) is 0 Å². The number of phenols is 1. The molecule has 0 saturated carbocycles. The van der Waals surface area contributed by atoms with Crippen molar-refractivity contribution in [3.8, 4) is 5.75 Å². The van der Waals surface area contributed by atoms with Gasteiger partial charge in [0.05, 0.1) is 0 Å². The molecule has 0 amide bonds. The average molecular weight is 192 g/mol. The lowest BCUT2D eigenvalue weighted by Gasteiger charge is -2.15. The standard InChI is InChI=1S/C11H16N2O/c1-7-2-3-8(4-11(7)14)9-5-13-6-10(9)12/h2-4,9-10,13-14H,5-6,12H2,1H3. The molecule has 76 valence electrons. The smallest absolute Gasteiger partial charge is 0.118 e. The molecule has 1 fully saturated rings. The van der Waals surface area contributed by atoms with E-state index >= 15 is 0 Å². The Morgan fingerprint density at radius 3 is 2.79 bits per heavy atom. The first-order valence-corrected chi connectivity index (χ1v) is 4.94. The highest BCUT2D eigenvalue weighted by Gasteiger charge is 2.25. The van der Waals surface area contributed by atoms with Gasteiger partial charge in [0.15, 0.2) is 0 Å². The number of benzene rings is 1. The van der Waals surface area contributed by atoms with E-state index in [1.807, 2.05) is 25.1 Å². The summed E-state index contributed by atoms with van der Waals surface area (Å²) in [6.45, 7) is 3.66. The largest absolute Gasteiger partial charge is 0.508 e. The third-order valence-electron chi connectivity index (χ3n) is 2.92. The van der Waals surface area contributed by atoms with Crippen molar-refractivity contribution in [2.75, 3.05) is 13.1 Å². The van der Waals surface area contributed by atoms with E-state index in [1.165, 1.54) is 0 Å². The SMILES string of the molecule is Cc1ccc(C2CNCC2N)cc1O. The number of nitrogens with two attached hydrogens (primary N) is 1. The molecule has 0 aliphatic carbocycles. The minimum absolute atomic E-state index is 0.164. The summed E-state index contributed by atoms with van der Waals surface area (Å²) in [4.78, 5) is 0. The van der Waals surface area contributed by atoms with Crippen LogP contribution < -0.4 is 11.1 Å². The molecule has 4 N–H and O–H groups in total. The van der Waals surface area contributed by atoms with E-state index in [9.17, 15) is 5.11 Å². The molecular formula is C11H16N2O. The average Bonchev–Trinajstić information content (AvgIpc) is 2.57. The van der Waals surface area contributed by atoms with Gasteiger partial charge in [-0.2, -0.15) is 0 Å². The minimum Gasteiger partial charge on any atom is -0.508 e. The summed E-state index contributed by atoms with van der Waals surface area (Å²) in [5, 5.41) is 12.8. The summed E-state index contributed by atoms with van der Waals surface area (Å²) in [6.07, 6.45) is 0. The lowest BCUT2D eigenvalue weighted by molar-refractivity contribution is 0.469. The number of phenolic OH excluding ortho intramolecular Hbond substituents is 1. The van der Waals surface area contributed by atoms with Crippen LogP contribution in [0.2, 0.25) is 0 Å². The minimum atomic E-state index is 0.164. The van der Waals surface area contributed by atoms with Gasteiger partial charge in [0, 0.05) is 25.0 Å². The van der Waals surface area contributed by atoms with Gasteiger partial charge in [0.25, 0.3) is 0 Å². The molecular weight excluding hydrogens is 176 g/mol. The molecule has 3 heteroatoms. The Bertz CT molecular complexity index is 338. The van der Waals surface area contributed by atoms with Crippen LogP contribution in [0.25, 0.3) is 0 Å². The van der Waals surface area contributed by atoms with Crippen LogP contribution in [0.3, 0.4) is 0 Å². The van der Waals surface area contributed by atoms with Crippen LogP contribution >= 0.6 is 0 Å². The van der Waals surface area contributed by atoms with E-state index in [4.69, 9.17) is 5.73 Å². The molecule has 1 heterocycles. The van der Waals surface area contributed by atoms with Crippen molar-refractivity contribution in [1.82, 2.24) is 5.32 Å². The first-order chi connectivity index (χ1) is 6.68.